The Morgan fingerprint density at radius 3 is 2.43 bits per heavy atom. The van der Waals surface area contributed by atoms with Gasteiger partial charge in [-0.05, 0) is 66.9 Å². The molecule has 0 aromatic heterocycles. The van der Waals surface area contributed by atoms with Crippen LogP contribution >= 0.6 is 11.6 Å². The molecule has 42 heavy (non-hydrogen) atoms. The monoisotopic (exact) mass is 624 g/mol. The van der Waals surface area contributed by atoms with Crippen molar-refractivity contribution in [2.24, 2.45) is 4.99 Å². The summed E-state index contributed by atoms with van der Waals surface area (Å²) < 4.78 is 0. The molecule has 0 bridgehead atoms. The maximum atomic E-state index is 13.6. The predicted molar refractivity (Wildman–Crippen MR) is 166 cm³/mol. The molecule has 0 aliphatic carbocycles. The van der Waals surface area contributed by atoms with E-state index in [9.17, 15) is 14.7 Å². The largest absolute Gasteiger partial charge is 0.625 e. The third-order valence-electron chi connectivity index (χ3n) is 8.02. The maximum Gasteiger partial charge on any atom is 0.312 e. The predicted octanol–water partition coefficient (Wildman–Crippen LogP) is 7.60. The average Bonchev–Trinajstić information content (AvgIpc) is 3.38. The molecule has 0 unspecified atom stereocenters. The fraction of sp³-hybridized carbons (Fsp3) is 0.265. The van der Waals surface area contributed by atoms with Crippen molar-refractivity contribution in [3.63, 3.8) is 0 Å². The van der Waals surface area contributed by atoms with E-state index in [-0.39, 0.29) is 28.9 Å². The van der Waals surface area contributed by atoms with Gasteiger partial charge in [-0.2, -0.15) is 0 Å². The second-order valence-electron chi connectivity index (χ2n) is 10.6. The number of carbonyl (C=O) groups is 2. The molecule has 220 valence electrons. The molecule has 2 atom stereocenters. The minimum atomic E-state index is -0.962. The number of aliphatic imine (C=N–C) groups is 1. The fourth-order valence-corrected chi connectivity index (χ4v) is 5.83. The quantitative estimate of drug-likeness (QED) is 0.153. The van der Waals surface area contributed by atoms with Crippen LogP contribution in [0, 0.1) is 0 Å². The summed E-state index contributed by atoms with van der Waals surface area (Å²) in [4.78, 5) is 33.1. The molecular formula is C34H33ClN3NiO3-. The molecule has 0 saturated carbocycles. The van der Waals surface area contributed by atoms with Crippen LogP contribution in [0.3, 0.4) is 0 Å². The van der Waals surface area contributed by atoms with E-state index in [1.807, 2.05) is 79.7 Å². The Labute approximate surface area is 261 Å². The SMILES string of the molecule is CCN1CCC[C@]1(C)C(=O)[N-]c1ccc(Cl)cc1C(=NC[C@@H](C(=O)O)c1ccc2ccccc2c1)c1ccccc1.[Ni]. The van der Waals surface area contributed by atoms with Gasteiger partial charge in [0.25, 0.3) is 0 Å². The summed E-state index contributed by atoms with van der Waals surface area (Å²) in [6, 6.07) is 28.3. The molecule has 1 heterocycles. The van der Waals surface area contributed by atoms with E-state index in [0.29, 0.717) is 27.5 Å². The van der Waals surface area contributed by atoms with Crippen LogP contribution < -0.4 is 0 Å². The molecule has 1 N–H and O–H groups in total. The van der Waals surface area contributed by atoms with Gasteiger partial charge in [-0.1, -0.05) is 97.4 Å². The van der Waals surface area contributed by atoms with E-state index in [1.165, 1.54) is 0 Å². The van der Waals surface area contributed by atoms with Crippen molar-refractivity contribution in [3.8, 4) is 0 Å². The zero-order valence-electron chi connectivity index (χ0n) is 23.6. The fourth-order valence-electron chi connectivity index (χ4n) is 5.65. The molecule has 0 radical (unpaired) electrons. The van der Waals surface area contributed by atoms with Crippen molar-refractivity contribution < 1.29 is 31.2 Å². The summed E-state index contributed by atoms with van der Waals surface area (Å²) in [5.74, 6) is -2.03. The smallest absolute Gasteiger partial charge is 0.312 e. The van der Waals surface area contributed by atoms with E-state index < -0.39 is 17.4 Å². The molecule has 5 rings (SSSR count). The van der Waals surface area contributed by atoms with E-state index in [1.54, 1.807) is 18.2 Å². The minimum Gasteiger partial charge on any atom is -0.625 e. The van der Waals surface area contributed by atoms with Gasteiger partial charge in [-0.3, -0.25) is 14.7 Å². The average molecular weight is 626 g/mol. The van der Waals surface area contributed by atoms with Gasteiger partial charge in [0.15, 0.2) is 0 Å². The number of benzene rings is 4. The van der Waals surface area contributed by atoms with Crippen LogP contribution in [0.4, 0.5) is 5.69 Å². The first-order chi connectivity index (χ1) is 19.8. The number of likely N-dealkylation sites (tertiary alicyclic amines) is 1. The first-order valence-corrected chi connectivity index (χ1v) is 14.3. The summed E-state index contributed by atoms with van der Waals surface area (Å²) in [7, 11) is 0. The van der Waals surface area contributed by atoms with Crippen molar-refractivity contribution in [2.75, 3.05) is 19.6 Å². The molecule has 8 heteroatoms. The van der Waals surface area contributed by atoms with E-state index >= 15 is 0 Å². The molecule has 1 amide bonds. The first kappa shape index (κ1) is 31.4. The van der Waals surface area contributed by atoms with Crippen LogP contribution in [0.1, 0.15) is 49.3 Å². The van der Waals surface area contributed by atoms with Crippen molar-refractivity contribution in [1.29, 1.82) is 0 Å². The van der Waals surface area contributed by atoms with Gasteiger partial charge in [0.2, 0.25) is 0 Å². The first-order valence-electron chi connectivity index (χ1n) is 13.9. The molecular weight excluding hydrogens is 593 g/mol. The Kier molecular flexibility index (Phi) is 10.2. The number of hydrogen-bond acceptors (Lipinski definition) is 4. The van der Waals surface area contributed by atoms with Gasteiger partial charge >= 0.3 is 5.97 Å². The Bertz CT molecular complexity index is 1610. The number of amides is 1. The van der Waals surface area contributed by atoms with E-state index in [4.69, 9.17) is 16.6 Å². The Balaban J connectivity index is 0.00000405. The Morgan fingerprint density at radius 1 is 1.00 bits per heavy atom. The molecule has 4 aromatic rings. The van der Waals surface area contributed by atoms with Crippen LogP contribution in [0.15, 0.2) is 96.0 Å². The van der Waals surface area contributed by atoms with Crippen molar-refractivity contribution in [1.82, 2.24) is 4.90 Å². The van der Waals surface area contributed by atoms with Crippen molar-refractivity contribution in [2.45, 2.75) is 38.1 Å². The second-order valence-corrected chi connectivity index (χ2v) is 11.0. The molecule has 4 aromatic carbocycles. The van der Waals surface area contributed by atoms with Crippen LogP contribution in [0.2, 0.25) is 5.02 Å². The Morgan fingerprint density at radius 2 is 1.71 bits per heavy atom. The van der Waals surface area contributed by atoms with Gasteiger partial charge in [-0.25, -0.2) is 0 Å². The molecule has 1 saturated heterocycles. The number of carboxylic acid groups (broad SMARTS) is 1. The van der Waals surface area contributed by atoms with Crippen LogP contribution in [-0.4, -0.2) is 52.8 Å². The zero-order valence-corrected chi connectivity index (χ0v) is 25.3. The number of likely N-dealkylation sites (N-methyl/N-ethyl adjacent to an activating group) is 1. The van der Waals surface area contributed by atoms with Gasteiger partial charge in [0.1, 0.15) is 5.92 Å². The summed E-state index contributed by atoms with van der Waals surface area (Å²) in [5, 5.41) is 17.3. The van der Waals surface area contributed by atoms with Crippen molar-refractivity contribution in [3.05, 3.63) is 118 Å². The number of rotatable bonds is 9. The summed E-state index contributed by atoms with van der Waals surface area (Å²) in [6.07, 6.45) is 1.69. The van der Waals surface area contributed by atoms with Crippen LogP contribution in [-0.2, 0) is 26.1 Å². The number of fused-ring (bicyclic) bond motifs is 1. The molecule has 0 spiro atoms. The number of carboxylic acids is 1. The zero-order chi connectivity index (χ0) is 29.0. The van der Waals surface area contributed by atoms with E-state index in [2.05, 4.69) is 17.1 Å². The normalized spacial score (nSPS) is 17.9. The van der Waals surface area contributed by atoms with Crippen molar-refractivity contribution >= 4 is 45.6 Å². The molecule has 1 fully saturated rings. The summed E-state index contributed by atoms with van der Waals surface area (Å²) >= 11 is 6.47. The topological polar surface area (TPSA) is 84.1 Å². The van der Waals surface area contributed by atoms with Gasteiger partial charge < -0.3 is 15.2 Å². The molecule has 6 nitrogen and oxygen atoms in total. The van der Waals surface area contributed by atoms with E-state index in [0.717, 1.165) is 42.3 Å². The van der Waals surface area contributed by atoms with Gasteiger partial charge in [-0.15, -0.1) is 5.69 Å². The summed E-state index contributed by atoms with van der Waals surface area (Å²) in [6.45, 7) is 5.65. The second kappa shape index (κ2) is 13.6. The third-order valence-corrected chi connectivity index (χ3v) is 8.26. The summed E-state index contributed by atoms with van der Waals surface area (Å²) in [5.41, 5.74) is 2.37. The maximum absolute atomic E-state index is 13.6. The number of hydrogen-bond donors (Lipinski definition) is 1. The number of aliphatic carboxylic acids is 1. The molecule has 1 aliphatic heterocycles. The number of halogens is 1. The Hall–Kier alpha value is -3.51. The third kappa shape index (κ3) is 6.59. The number of nitrogens with zero attached hydrogens (tertiary/aromatic N) is 3. The van der Waals surface area contributed by atoms with Gasteiger partial charge in [0, 0.05) is 27.1 Å². The molecule has 1 aliphatic rings. The van der Waals surface area contributed by atoms with Crippen LogP contribution in [0.25, 0.3) is 16.1 Å². The van der Waals surface area contributed by atoms with Gasteiger partial charge in [0.05, 0.1) is 23.7 Å². The number of carbonyl (C=O) groups excluding carboxylic acids is 1. The minimum absolute atomic E-state index is 0. The van der Waals surface area contributed by atoms with Crippen LogP contribution in [0.5, 0.6) is 0 Å². The standard InChI is InChI=1S/C34H34ClN3O3.Ni/c1-3-38-19-9-18-34(38,2)33(41)37-30-17-16-27(35)21-28(30)31(24-11-5-4-6-12-24)36-22-29(32(39)40)26-15-14-23-10-7-8-13-25(23)20-26;/h4-8,10-17,20-21,29H,3,9,18-19,22H2,1-2H3,(H2,36,37,39,40,41);/p-1/t29-,34-;/m1./s1.